The Morgan fingerprint density at radius 1 is 1.26 bits per heavy atom. The van der Waals surface area contributed by atoms with E-state index in [2.05, 4.69) is 32.7 Å². The Hall–Kier alpha value is -0.570. The Morgan fingerprint density at radius 3 is 2.37 bits per heavy atom. The summed E-state index contributed by atoms with van der Waals surface area (Å²) in [5.74, 6) is 1.93. The second-order valence-electron chi connectivity index (χ2n) is 7.67. The molecule has 0 aromatic rings. The maximum absolute atomic E-state index is 12.1. The van der Waals surface area contributed by atoms with Crippen LogP contribution in [0.15, 0.2) is 0 Å². The fourth-order valence-corrected chi connectivity index (χ4v) is 2.88. The molecule has 1 aliphatic heterocycles. The molecule has 0 atom stereocenters. The van der Waals surface area contributed by atoms with E-state index in [1.54, 1.807) is 0 Å². The summed E-state index contributed by atoms with van der Waals surface area (Å²) in [6.45, 7) is 10.8. The van der Waals surface area contributed by atoms with Gasteiger partial charge in [-0.25, -0.2) is 0 Å². The topological polar surface area (TPSA) is 23.6 Å². The number of carbonyl (C=O) groups excluding carboxylic acids is 1. The minimum absolute atomic E-state index is 0.345. The smallest absolute Gasteiger partial charge is 0.223 e. The molecule has 0 N–H and O–H groups in total. The van der Waals surface area contributed by atoms with E-state index in [0.29, 0.717) is 23.7 Å². The van der Waals surface area contributed by atoms with Crippen molar-refractivity contribution in [3.8, 4) is 0 Å². The highest BCUT2D eigenvalue weighted by molar-refractivity contribution is 5.77. The van der Waals surface area contributed by atoms with Gasteiger partial charge in [0.1, 0.15) is 0 Å². The minimum atomic E-state index is 0.345. The van der Waals surface area contributed by atoms with Crippen LogP contribution in [0.5, 0.6) is 0 Å². The minimum Gasteiger partial charge on any atom is -0.342 e. The van der Waals surface area contributed by atoms with Gasteiger partial charge in [-0.2, -0.15) is 0 Å². The quantitative estimate of drug-likeness (QED) is 0.763. The van der Waals surface area contributed by atoms with Crippen LogP contribution in [0.3, 0.4) is 0 Å². The molecule has 1 aliphatic carbocycles. The molecule has 2 aliphatic rings. The van der Waals surface area contributed by atoms with Gasteiger partial charge in [0.25, 0.3) is 0 Å². The maximum Gasteiger partial charge on any atom is 0.223 e. The predicted molar refractivity (Wildman–Crippen MR) is 79.0 cm³/mol. The summed E-state index contributed by atoms with van der Waals surface area (Å²) in [5.41, 5.74) is 0.345. The van der Waals surface area contributed by atoms with Crippen LogP contribution < -0.4 is 0 Å². The molecule has 1 saturated heterocycles. The van der Waals surface area contributed by atoms with Gasteiger partial charge in [0.15, 0.2) is 0 Å². The molecular formula is C16H30N2O. The number of likely N-dealkylation sites (tertiary alicyclic amines) is 1. The number of rotatable bonds is 5. The molecule has 0 spiro atoms. The van der Waals surface area contributed by atoms with Crippen molar-refractivity contribution in [1.29, 1.82) is 0 Å². The Kier molecular flexibility index (Phi) is 4.54. The molecule has 3 heteroatoms. The van der Waals surface area contributed by atoms with Crippen LogP contribution in [-0.2, 0) is 4.79 Å². The number of hydrogen-bond donors (Lipinski definition) is 0. The van der Waals surface area contributed by atoms with Crippen molar-refractivity contribution < 1.29 is 4.79 Å². The number of carbonyl (C=O) groups is 1. The van der Waals surface area contributed by atoms with Gasteiger partial charge in [-0.3, -0.25) is 4.79 Å². The lowest BCUT2D eigenvalue weighted by Crippen LogP contribution is -2.54. The molecule has 1 amide bonds. The Labute approximate surface area is 118 Å². The van der Waals surface area contributed by atoms with Crippen LogP contribution in [0.4, 0.5) is 0 Å². The standard InChI is InChI=1S/C16H30N2O/c1-16(2,3)14-11-18(12-14)15(19)8-9-17(4)10-13-6-5-7-13/h13-14H,5-12H2,1-4H3. The third-order valence-electron chi connectivity index (χ3n) is 4.96. The summed E-state index contributed by atoms with van der Waals surface area (Å²) in [6.07, 6.45) is 4.87. The molecule has 1 saturated carbocycles. The lowest BCUT2D eigenvalue weighted by atomic mass is 9.76. The summed E-state index contributed by atoms with van der Waals surface area (Å²) in [6, 6.07) is 0. The maximum atomic E-state index is 12.1. The highest BCUT2D eigenvalue weighted by Gasteiger charge is 2.37. The molecular weight excluding hydrogens is 236 g/mol. The average Bonchev–Trinajstić information content (AvgIpc) is 2.16. The molecule has 2 fully saturated rings. The van der Waals surface area contributed by atoms with E-state index in [4.69, 9.17) is 0 Å². The van der Waals surface area contributed by atoms with Crippen LogP contribution in [-0.4, -0.2) is 48.9 Å². The monoisotopic (exact) mass is 266 g/mol. The number of amides is 1. The summed E-state index contributed by atoms with van der Waals surface area (Å²) in [7, 11) is 2.15. The van der Waals surface area contributed by atoms with Gasteiger partial charge in [-0.1, -0.05) is 27.2 Å². The number of hydrogen-bond acceptors (Lipinski definition) is 2. The zero-order valence-electron chi connectivity index (χ0n) is 13.1. The van der Waals surface area contributed by atoms with Crippen molar-refractivity contribution >= 4 is 5.91 Å². The van der Waals surface area contributed by atoms with E-state index in [0.717, 1.165) is 25.6 Å². The number of nitrogens with zero attached hydrogens (tertiary/aromatic N) is 2. The lowest BCUT2D eigenvalue weighted by molar-refractivity contribution is -0.140. The molecule has 0 aromatic carbocycles. The van der Waals surface area contributed by atoms with Gasteiger partial charge in [0, 0.05) is 32.6 Å². The van der Waals surface area contributed by atoms with Crippen molar-refractivity contribution in [3.05, 3.63) is 0 Å². The fourth-order valence-electron chi connectivity index (χ4n) is 2.88. The normalized spacial score (nSPS) is 21.4. The SMILES string of the molecule is CN(CCC(=O)N1CC(C(C)(C)C)C1)CC1CCC1. The molecule has 3 nitrogen and oxygen atoms in total. The van der Waals surface area contributed by atoms with E-state index < -0.39 is 0 Å². The highest BCUT2D eigenvalue weighted by Crippen LogP contribution is 2.33. The van der Waals surface area contributed by atoms with E-state index in [1.807, 2.05) is 4.90 Å². The second kappa shape index (κ2) is 5.82. The molecule has 19 heavy (non-hydrogen) atoms. The van der Waals surface area contributed by atoms with Gasteiger partial charge in [-0.15, -0.1) is 0 Å². The molecule has 0 radical (unpaired) electrons. The zero-order valence-corrected chi connectivity index (χ0v) is 13.1. The Bertz CT molecular complexity index is 311. The van der Waals surface area contributed by atoms with E-state index >= 15 is 0 Å². The van der Waals surface area contributed by atoms with Gasteiger partial charge in [0.2, 0.25) is 5.91 Å². The average molecular weight is 266 g/mol. The lowest BCUT2D eigenvalue weighted by Gasteiger charge is -2.46. The van der Waals surface area contributed by atoms with Gasteiger partial charge in [-0.05, 0) is 37.1 Å². The first-order valence-electron chi connectivity index (χ1n) is 7.82. The molecule has 0 aromatic heterocycles. The van der Waals surface area contributed by atoms with E-state index in [9.17, 15) is 4.79 Å². The van der Waals surface area contributed by atoms with Crippen LogP contribution >= 0.6 is 0 Å². The van der Waals surface area contributed by atoms with Gasteiger partial charge < -0.3 is 9.80 Å². The fraction of sp³-hybridized carbons (Fsp3) is 0.938. The van der Waals surface area contributed by atoms with Crippen molar-refractivity contribution in [1.82, 2.24) is 9.80 Å². The highest BCUT2D eigenvalue weighted by atomic mass is 16.2. The third-order valence-corrected chi connectivity index (χ3v) is 4.96. The second-order valence-corrected chi connectivity index (χ2v) is 7.67. The van der Waals surface area contributed by atoms with Crippen LogP contribution in [0.25, 0.3) is 0 Å². The first kappa shape index (κ1) is 14.8. The summed E-state index contributed by atoms with van der Waals surface area (Å²) < 4.78 is 0. The first-order valence-corrected chi connectivity index (χ1v) is 7.82. The van der Waals surface area contributed by atoms with Gasteiger partial charge in [0.05, 0.1) is 0 Å². The van der Waals surface area contributed by atoms with Crippen molar-refractivity contribution in [2.45, 2.75) is 46.5 Å². The summed E-state index contributed by atoms with van der Waals surface area (Å²) in [4.78, 5) is 16.4. The predicted octanol–water partition coefficient (Wildman–Crippen LogP) is 2.61. The van der Waals surface area contributed by atoms with Crippen molar-refractivity contribution in [2.75, 3.05) is 33.2 Å². The zero-order chi connectivity index (χ0) is 14.0. The Balaban J connectivity index is 1.60. The molecule has 2 rings (SSSR count). The van der Waals surface area contributed by atoms with E-state index in [-0.39, 0.29) is 0 Å². The summed E-state index contributed by atoms with van der Waals surface area (Å²) >= 11 is 0. The molecule has 110 valence electrons. The summed E-state index contributed by atoms with van der Waals surface area (Å²) in [5, 5.41) is 0. The largest absolute Gasteiger partial charge is 0.342 e. The van der Waals surface area contributed by atoms with Crippen LogP contribution in [0.2, 0.25) is 0 Å². The van der Waals surface area contributed by atoms with Crippen LogP contribution in [0.1, 0.15) is 46.5 Å². The molecule has 1 heterocycles. The first-order chi connectivity index (χ1) is 8.86. The van der Waals surface area contributed by atoms with Crippen LogP contribution in [0, 0.1) is 17.3 Å². The Morgan fingerprint density at radius 2 is 1.89 bits per heavy atom. The van der Waals surface area contributed by atoms with Crippen molar-refractivity contribution in [3.63, 3.8) is 0 Å². The van der Waals surface area contributed by atoms with E-state index in [1.165, 1.54) is 25.8 Å². The molecule has 0 unspecified atom stereocenters. The third kappa shape index (κ3) is 3.95. The van der Waals surface area contributed by atoms with Crippen molar-refractivity contribution in [2.24, 2.45) is 17.3 Å². The molecule has 0 bridgehead atoms. The van der Waals surface area contributed by atoms with Gasteiger partial charge >= 0.3 is 0 Å².